The van der Waals surface area contributed by atoms with Crippen LogP contribution in [0.15, 0.2) is 23.4 Å². The van der Waals surface area contributed by atoms with Gasteiger partial charge in [-0.25, -0.2) is 0 Å². The summed E-state index contributed by atoms with van der Waals surface area (Å²) in [6.07, 6.45) is 9.52. The lowest BCUT2D eigenvalue weighted by molar-refractivity contribution is 0.371. The molecule has 104 valence electrons. The van der Waals surface area contributed by atoms with Gasteiger partial charge in [0.1, 0.15) is 0 Å². The van der Waals surface area contributed by atoms with Crippen LogP contribution in [-0.4, -0.2) is 16.1 Å². The Labute approximate surface area is 120 Å². The molecule has 0 N–H and O–H groups in total. The molecular formula is C17H28Si2. The minimum Gasteiger partial charge on any atom is -0.0842 e. The Hall–Kier alpha value is -0.0862. The summed E-state index contributed by atoms with van der Waals surface area (Å²) in [5.74, 6) is 4.81. The van der Waals surface area contributed by atoms with E-state index in [2.05, 4.69) is 57.5 Å². The second-order valence-corrected chi connectivity index (χ2v) is 20.0. The zero-order valence-corrected chi connectivity index (χ0v) is 15.3. The van der Waals surface area contributed by atoms with Gasteiger partial charge in [0, 0.05) is 0 Å². The molecule has 0 aromatic heterocycles. The normalized spacial score (nSPS) is 50.2. The van der Waals surface area contributed by atoms with Crippen LogP contribution in [0.3, 0.4) is 0 Å². The third-order valence-corrected chi connectivity index (χ3v) is 12.7. The number of hydrogen-bond donors (Lipinski definition) is 0. The number of allylic oxidation sites excluding steroid dienone is 4. The quantitative estimate of drug-likeness (QED) is 0.498. The molecule has 0 aromatic carbocycles. The summed E-state index contributed by atoms with van der Waals surface area (Å²) < 4.78 is 0. The van der Waals surface area contributed by atoms with Crippen LogP contribution in [0.4, 0.5) is 0 Å². The standard InChI is InChI=1S/C17H28Si2/c1-18(2,3)15-9-11-7-8-13-14-10-12(11)16(15)17(13,14)19(4,5)6/h7-9,11-14,16H,10H2,1-6H3. The van der Waals surface area contributed by atoms with Gasteiger partial charge in [-0.3, -0.25) is 0 Å². The zero-order valence-electron chi connectivity index (χ0n) is 13.3. The molecule has 19 heavy (non-hydrogen) atoms. The third kappa shape index (κ3) is 1.26. The number of hydrogen-bond acceptors (Lipinski definition) is 0. The van der Waals surface area contributed by atoms with E-state index in [4.69, 9.17) is 0 Å². The summed E-state index contributed by atoms with van der Waals surface area (Å²) in [5, 5.41) is 2.71. The average Bonchev–Trinajstić information content (AvgIpc) is 2.58. The molecule has 0 amide bonds. The van der Waals surface area contributed by atoms with Crippen LogP contribution < -0.4 is 0 Å². The highest BCUT2D eigenvalue weighted by atomic mass is 28.3. The van der Waals surface area contributed by atoms with Gasteiger partial charge in [-0.2, -0.15) is 0 Å². The van der Waals surface area contributed by atoms with Crippen molar-refractivity contribution in [2.45, 2.75) is 50.7 Å². The van der Waals surface area contributed by atoms with Crippen LogP contribution in [-0.2, 0) is 0 Å². The van der Waals surface area contributed by atoms with Crippen LogP contribution in [0.1, 0.15) is 6.42 Å². The minimum absolute atomic E-state index is 0.755. The van der Waals surface area contributed by atoms with E-state index >= 15 is 0 Å². The van der Waals surface area contributed by atoms with Crippen molar-refractivity contribution in [2.24, 2.45) is 29.6 Å². The van der Waals surface area contributed by atoms with Gasteiger partial charge in [-0.1, -0.05) is 62.7 Å². The second-order valence-electron chi connectivity index (χ2n) is 9.53. The first-order chi connectivity index (χ1) is 8.69. The fourth-order valence-corrected chi connectivity index (χ4v) is 12.5. The van der Waals surface area contributed by atoms with E-state index < -0.39 is 16.1 Å². The maximum absolute atomic E-state index is 2.73. The summed E-state index contributed by atoms with van der Waals surface area (Å²) in [6, 6.07) is 0. The molecule has 0 spiro atoms. The molecule has 2 fully saturated rings. The minimum atomic E-state index is -1.14. The molecule has 6 unspecified atom stereocenters. The molecule has 6 atom stereocenters. The lowest BCUT2D eigenvalue weighted by atomic mass is 9.88. The van der Waals surface area contributed by atoms with Crippen molar-refractivity contribution in [1.29, 1.82) is 0 Å². The zero-order chi connectivity index (χ0) is 13.8. The summed E-state index contributed by atoms with van der Waals surface area (Å²) >= 11 is 0. The van der Waals surface area contributed by atoms with E-state index in [1.165, 1.54) is 0 Å². The van der Waals surface area contributed by atoms with Gasteiger partial charge in [0.15, 0.2) is 0 Å². The van der Waals surface area contributed by atoms with Gasteiger partial charge < -0.3 is 0 Å². The lowest BCUT2D eigenvalue weighted by Crippen LogP contribution is -2.41. The fraction of sp³-hybridized carbons (Fsp3) is 0.765. The molecule has 0 nitrogen and oxygen atoms in total. The van der Waals surface area contributed by atoms with E-state index in [1.54, 1.807) is 6.42 Å². The van der Waals surface area contributed by atoms with Crippen molar-refractivity contribution < 1.29 is 0 Å². The van der Waals surface area contributed by atoms with Crippen LogP contribution in [0, 0.1) is 29.6 Å². The van der Waals surface area contributed by atoms with Crippen molar-refractivity contribution in [3.8, 4) is 0 Å². The largest absolute Gasteiger partial charge is 0.0842 e. The molecule has 5 rings (SSSR count). The van der Waals surface area contributed by atoms with Gasteiger partial charge in [0.05, 0.1) is 16.1 Å². The molecule has 0 radical (unpaired) electrons. The molecule has 2 saturated carbocycles. The third-order valence-electron chi connectivity index (χ3n) is 6.87. The van der Waals surface area contributed by atoms with Gasteiger partial charge >= 0.3 is 0 Å². The number of rotatable bonds is 2. The summed E-state index contributed by atoms with van der Waals surface area (Å²) in [5.41, 5.74) is 0. The Kier molecular flexibility index (Phi) is 2.14. The van der Waals surface area contributed by atoms with Crippen LogP contribution in [0.2, 0.25) is 44.3 Å². The van der Waals surface area contributed by atoms with Gasteiger partial charge in [0.25, 0.3) is 0 Å². The lowest BCUT2D eigenvalue weighted by Gasteiger charge is -2.40. The van der Waals surface area contributed by atoms with Crippen molar-refractivity contribution in [3.05, 3.63) is 23.4 Å². The molecule has 6 bridgehead atoms. The molecule has 0 aromatic rings. The highest BCUT2D eigenvalue weighted by molar-refractivity contribution is 6.84. The molecule has 0 aliphatic heterocycles. The molecule has 5 aliphatic carbocycles. The van der Waals surface area contributed by atoms with E-state index in [0.29, 0.717) is 0 Å². The summed E-state index contributed by atoms with van der Waals surface area (Å²) in [4.78, 5) is 0. The van der Waals surface area contributed by atoms with Crippen LogP contribution >= 0.6 is 0 Å². The van der Waals surface area contributed by atoms with E-state index in [9.17, 15) is 0 Å². The molecule has 5 aliphatic rings. The molecule has 0 heterocycles. The molecule has 0 saturated heterocycles. The second kappa shape index (κ2) is 3.22. The Morgan fingerprint density at radius 1 is 1.05 bits per heavy atom. The Balaban J connectivity index is 1.90. The van der Waals surface area contributed by atoms with Gasteiger partial charge in [-0.05, 0) is 41.0 Å². The van der Waals surface area contributed by atoms with Crippen molar-refractivity contribution in [1.82, 2.24) is 0 Å². The Morgan fingerprint density at radius 2 is 1.74 bits per heavy atom. The SMILES string of the molecule is C[Si](C)(C)C1=CC2C=CC3C4CC2C1C34[Si](C)(C)C. The first kappa shape index (κ1) is 12.6. The fourth-order valence-electron chi connectivity index (χ4n) is 6.36. The first-order valence-corrected chi connectivity index (χ1v) is 15.1. The summed E-state index contributed by atoms with van der Waals surface area (Å²) in [6.45, 7) is 15.7. The van der Waals surface area contributed by atoms with E-state index in [-0.39, 0.29) is 0 Å². The maximum atomic E-state index is 2.73. The van der Waals surface area contributed by atoms with Crippen LogP contribution in [0.25, 0.3) is 0 Å². The monoisotopic (exact) mass is 288 g/mol. The first-order valence-electron chi connectivity index (χ1n) is 8.09. The highest BCUT2D eigenvalue weighted by Crippen LogP contribution is 2.86. The molecular weight excluding hydrogens is 260 g/mol. The van der Waals surface area contributed by atoms with E-state index in [1.807, 2.05) is 5.20 Å². The van der Waals surface area contributed by atoms with Crippen molar-refractivity contribution >= 4 is 16.1 Å². The van der Waals surface area contributed by atoms with Crippen LogP contribution in [0.5, 0.6) is 0 Å². The predicted molar refractivity (Wildman–Crippen MR) is 88.7 cm³/mol. The van der Waals surface area contributed by atoms with Crippen molar-refractivity contribution in [2.75, 3.05) is 0 Å². The van der Waals surface area contributed by atoms with Crippen molar-refractivity contribution in [3.63, 3.8) is 0 Å². The maximum Gasteiger partial charge on any atom is 0.0724 e. The molecule has 2 heteroatoms. The van der Waals surface area contributed by atoms with Gasteiger partial charge in [-0.15, -0.1) is 0 Å². The Bertz CT molecular complexity index is 502. The highest BCUT2D eigenvalue weighted by Gasteiger charge is 2.79. The van der Waals surface area contributed by atoms with Gasteiger partial charge in [0.2, 0.25) is 0 Å². The summed E-state index contributed by atoms with van der Waals surface area (Å²) in [7, 11) is -2.25. The topological polar surface area (TPSA) is 0 Å². The Morgan fingerprint density at radius 3 is 2.32 bits per heavy atom. The van der Waals surface area contributed by atoms with E-state index in [0.717, 1.165) is 34.6 Å². The average molecular weight is 289 g/mol. The predicted octanol–water partition coefficient (Wildman–Crippen LogP) is 4.95. The smallest absolute Gasteiger partial charge is 0.0724 e.